The summed E-state index contributed by atoms with van der Waals surface area (Å²) in [6.45, 7) is -0.661. The van der Waals surface area contributed by atoms with Crippen LogP contribution in [-0.4, -0.2) is 34.5 Å². The minimum atomic E-state index is -1.25. The average molecular weight is 269 g/mol. The lowest BCUT2D eigenvalue weighted by Crippen LogP contribution is -2.35. The molecule has 1 heterocycles. The van der Waals surface area contributed by atoms with E-state index in [0.29, 0.717) is 15.5 Å². The first kappa shape index (κ1) is 12.4. The molecule has 0 spiro atoms. The molecular weight excluding hydrogens is 260 g/mol. The molecule has 1 atom stereocenters. The Morgan fingerprint density at radius 3 is 2.67 bits per heavy atom. The van der Waals surface area contributed by atoms with E-state index in [1.165, 1.54) is 0 Å². The average Bonchev–Trinajstić information content (AvgIpc) is 2.57. The first-order valence-corrected chi connectivity index (χ1v) is 5.46. The van der Waals surface area contributed by atoms with Crippen LogP contribution in [0.1, 0.15) is 11.6 Å². The number of urea groups is 1. The van der Waals surface area contributed by atoms with Crippen molar-refractivity contribution in [3.63, 3.8) is 0 Å². The molecule has 1 aliphatic rings. The van der Waals surface area contributed by atoms with Crippen LogP contribution in [0.15, 0.2) is 24.3 Å². The fraction of sp³-hybridized carbons (Fsp3) is 0.182. The molecule has 0 unspecified atom stereocenters. The van der Waals surface area contributed by atoms with E-state index in [0.717, 1.165) is 0 Å². The Kier molecular flexibility index (Phi) is 3.20. The van der Waals surface area contributed by atoms with Gasteiger partial charge in [-0.25, -0.2) is 4.79 Å². The number of halogens is 1. The van der Waals surface area contributed by atoms with E-state index in [9.17, 15) is 14.4 Å². The van der Waals surface area contributed by atoms with Gasteiger partial charge in [-0.3, -0.25) is 14.5 Å². The molecule has 0 aliphatic carbocycles. The molecule has 2 N–H and O–H groups in total. The number of carbonyl (C=O) groups is 3. The van der Waals surface area contributed by atoms with Crippen molar-refractivity contribution >= 4 is 29.5 Å². The van der Waals surface area contributed by atoms with Crippen molar-refractivity contribution in [3.05, 3.63) is 34.9 Å². The van der Waals surface area contributed by atoms with Crippen LogP contribution in [0.3, 0.4) is 0 Å². The van der Waals surface area contributed by atoms with Gasteiger partial charge in [0.25, 0.3) is 5.91 Å². The highest BCUT2D eigenvalue weighted by Gasteiger charge is 2.40. The van der Waals surface area contributed by atoms with Gasteiger partial charge in [-0.2, -0.15) is 0 Å². The van der Waals surface area contributed by atoms with Crippen molar-refractivity contribution in [2.75, 3.05) is 6.54 Å². The summed E-state index contributed by atoms with van der Waals surface area (Å²) in [5.74, 6) is -1.87. The summed E-state index contributed by atoms with van der Waals surface area (Å²) < 4.78 is 0. The number of imide groups is 1. The van der Waals surface area contributed by atoms with Crippen LogP contribution in [0.4, 0.5) is 4.79 Å². The predicted molar refractivity (Wildman–Crippen MR) is 62.1 cm³/mol. The molecule has 6 nitrogen and oxygen atoms in total. The normalized spacial score (nSPS) is 18.9. The largest absolute Gasteiger partial charge is 0.480 e. The molecule has 0 radical (unpaired) electrons. The van der Waals surface area contributed by atoms with Crippen molar-refractivity contribution in [2.24, 2.45) is 0 Å². The highest BCUT2D eigenvalue weighted by Crippen LogP contribution is 2.27. The van der Waals surface area contributed by atoms with Crippen molar-refractivity contribution in [1.82, 2.24) is 10.2 Å². The highest BCUT2D eigenvalue weighted by atomic mass is 35.5. The van der Waals surface area contributed by atoms with E-state index in [2.05, 4.69) is 5.32 Å². The lowest BCUT2D eigenvalue weighted by molar-refractivity contribution is -0.141. The zero-order chi connectivity index (χ0) is 13.3. The van der Waals surface area contributed by atoms with Crippen LogP contribution in [0, 0.1) is 0 Å². The summed E-state index contributed by atoms with van der Waals surface area (Å²) in [7, 11) is 0. The molecule has 1 aromatic rings. The summed E-state index contributed by atoms with van der Waals surface area (Å²) in [6.07, 6.45) is 0. The van der Waals surface area contributed by atoms with Gasteiger partial charge in [0.1, 0.15) is 12.6 Å². The number of carboxylic acids is 1. The zero-order valence-corrected chi connectivity index (χ0v) is 9.85. The number of aliphatic carboxylic acids is 1. The maximum absolute atomic E-state index is 11.9. The lowest BCUT2D eigenvalue weighted by atomic mass is 10.1. The second kappa shape index (κ2) is 4.66. The molecule has 0 bridgehead atoms. The molecule has 3 amide bonds. The highest BCUT2D eigenvalue weighted by molar-refractivity contribution is 6.31. The van der Waals surface area contributed by atoms with Gasteiger partial charge in [0.2, 0.25) is 0 Å². The third-order valence-electron chi connectivity index (χ3n) is 2.54. The smallest absolute Gasteiger partial charge is 0.325 e. The van der Waals surface area contributed by atoms with Crippen LogP contribution < -0.4 is 5.32 Å². The van der Waals surface area contributed by atoms with Gasteiger partial charge in [0, 0.05) is 10.6 Å². The van der Waals surface area contributed by atoms with Gasteiger partial charge in [-0.1, -0.05) is 29.8 Å². The Morgan fingerprint density at radius 1 is 1.39 bits per heavy atom. The number of hydrogen-bond donors (Lipinski definition) is 2. The number of carbonyl (C=O) groups excluding carboxylic acids is 2. The Labute approximate surface area is 107 Å². The number of hydrogen-bond acceptors (Lipinski definition) is 3. The summed E-state index contributed by atoms with van der Waals surface area (Å²) in [5.41, 5.74) is 0.449. The number of rotatable bonds is 3. The quantitative estimate of drug-likeness (QED) is 0.801. The van der Waals surface area contributed by atoms with E-state index in [-0.39, 0.29) is 0 Å². The topological polar surface area (TPSA) is 86.7 Å². The van der Waals surface area contributed by atoms with Gasteiger partial charge in [0.05, 0.1) is 0 Å². The van der Waals surface area contributed by atoms with E-state index < -0.39 is 30.5 Å². The molecule has 0 aromatic heterocycles. The maximum Gasteiger partial charge on any atom is 0.325 e. The third kappa shape index (κ3) is 2.14. The molecule has 1 saturated heterocycles. The number of nitrogens with zero attached hydrogens (tertiary/aromatic N) is 1. The third-order valence-corrected chi connectivity index (χ3v) is 2.88. The maximum atomic E-state index is 11.9. The van der Waals surface area contributed by atoms with Crippen LogP contribution in [0.2, 0.25) is 5.02 Å². The predicted octanol–water partition coefficient (Wildman–Crippen LogP) is 1.02. The molecule has 1 aromatic carbocycles. The van der Waals surface area contributed by atoms with Crippen molar-refractivity contribution in [1.29, 1.82) is 0 Å². The zero-order valence-electron chi connectivity index (χ0n) is 9.09. The molecule has 0 saturated carbocycles. The SMILES string of the molecule is O=C(O)CN1C(=O)N[C@@H](c2ccccc2Cl)C1=O. The van der Waals surface area contributed by atoms with E-state index in [1.54, 1.807) is 24.3 Å². The first-order chi connectivity index (χ1) is 8.50. The van der Waals surface area contributed by atoms with Crippen molar-refractivity contribution < 1.29 is 19.5 Å². The Morgan fingerprint density at radius 2 is 2.06 bits per heavy atom. The monoisotopic (exact) mass is 268 g/mol. The summed E-state index contributed by atoms with van der Waals surface area (Å²) in [4.78, 5) is 34.6. The van der Waals surface area contributed by atoms with Gasteiger partial charge >= 0.3 is 12.0 Å². The summed E-state index contributed by atoms with van der Waals surface area (Å²) in [6, 6.07) is 4.92. The van der Waals surface area contributed by atoms with Crippen molar-refractivity contribution in [3.8, 4) is 0 Å². The van der Waals surface area contributed by atoms with Gasteiger partial charge in [-0.05, 0) is 6.07 Å². The lowest BCUT2D eigenvalue weighted by Gasteiger charge is -2.11. The van der Waals surface area contributed by atoms with Gasteiger partial charge in [-0.15, -0.1) is 0 Å². The molecule has 94 valence electrons. The molecular formula is C11H9ClN2O4. The fourth-order valence-corrected chi connectivity index (χ4v) is 1.97. The number of carboxylic acid groups (broad SMARTS) is 1. The Balaban J connectivity index is 2.28. The number of amides is 3. The van der Waals surface area contributed by atoms with E-state index in [4.69, 9.17) is 16.7 Å². The molecule has 1 aliphatic heterocycles. The molecule has 7 heteroatoms. The number of nitrogens with one attached hydrogen (secondary N) is 1. The first-order valence-electron chi connectivity index (χ1n) is 5.09. The molecule has 2 rings (SSSR count). The summed E-state index contributed by atoms with van der Waals surface area (Å²) >= 11 is 5.93. The van der Waals surface area contributed by atoms with E-state index in [1.807, 2.05) is 0 Å². The fourth-order valence-electron chi connectivity index (χ4n) is 1.72. The standard InChI is InChI=1S/C11H9ClN2O4/c12-7-4-2-1-3-6(7)9-10(17)14(5-8(15)16)11(18)13-9/h1-4,9H,5H2,(H,13,18)(H,15,16)/t9-/m0/s1. The summed E-state index contributed by atoms with van der Waals surface area (Å²) in [5, 5.41) is 11.4. The second-order valence-electron chi connectivity index (χ2n) is 3.72. The van der Waals surface area contributed by atoms with Crippen LogP contribution in [0.5, 0.6) is 0 Å². The van der Waals surface area contributed by atoms with Crippen LogP contribution >= 0.6 is 11.6 Å². The van der Waals surface area contributed by atoms with Crippen molar-refractivity contribution in [2.45, 2.75) is 6.04 Å². The minimum absolute atomic E-state index is 0.341. The Bertz CT molecular complexity index is 532. The van der Waals surface area contributed by atoms with Gasteiger partial charge < -0.3 is 10.4 Å². The molecule has 1 fully saturated rings. The van der Waals surface area contributed by atoms with Crippen LogP contribution in [0.25, 0.3) is 0 Å². The van der Waals surface area contributed by atoms with Gasteiger partial charge in [0.15, 0.2) is 0 Å². The number of benzene rings is 1. The Hall–Kier alpha value is -2.08. The molecule has 18 heavy (non-hydrogen) atoms. The second-order valence-corrected chi connectivity index (χ2v) is 4.13. The van der Waals surface area contributed by atoms with Crippen LogP contribution in [-0.2, 0) is 9.59 Å². The minimum Gasteiger partial charge on any atom is -0.480 e. The van der Waals surface area contributed by atoms with E-state index >= 15 is 0 Å².